The molecule has 0 bridgehead atoms. The Balaban J connectivity index is 2.10. The summed E-state index contributed by atoms with van der Waals surface area (Å²) >= 11 is 0. The largest absolute Gasteiger partial charge is 0.322 e. The van der Waals surface area contributed by atoms with E-state index < -0.39 is 17.5 Å². The third-order valence-corrected chi connectivity index (χ3v) is 2.88. The first-order valence-electron chi connectivity index (χ1n) is 6.45. The number of benzene rings is 2. The highest BCUT2D eigenvalue weighted by Crippen LogP contribution is 2.14. The summed E-state index contributed by atoms with van der Waals surface area (Å²) in [5.74, 6) is -2.08. The minimum Gasteiger partial charge on any atom is -0.322 e. The molecule has 0 radical (unpaired) electrons. The van der Waals surface area contributed by atoms with Crippen molar-refractivity contribution in [1.29, 1.82) is 0 Å². The molecule has 0 aromatic heterocycles. The van der Waals surface area contributed by atoms with Gasteiger partial charge in [0.15, 0.2) is 0 Å². The van der Waals surface area contributed by atoms with Gasteiger partial charge in [0.05, 0.1) is 0 Å². The Kier molecular flexibility index (Phi) is 4.45. The van der Waals surface area contributed by atoms with E-state index >= 15 is 0 Å². The van der Waals surface area contributed by atoms with Gasteiger partial charge in [0.1, 0.15) is 11.6 Å². The van der Waals surface area contributed by atoms with Crippen molar-refractivity contribution in [1.82, 2.24) is 0 Å². The Morgan fingerprint density at radius 2 is 1.65 bits per heavy atom. The van der Waals surface area contributed by atoms with Gasteiger partial charge in [-0.2, -0.15) is 0 Å². The fourth-order valence-corrected chi connectivity index (χ4v) is 1.93. The molecule has 0 saturated heterocycles. The number of carbonyl (C=O) groups excluding carboxylic acids is 1. The van der Waals surface area contributed by atoms with Gasteiger partial charge in [-0.05, 0) is 36.2 Å². The van der Waals surface area contributed by atoms with Crippen LogP contribution in [-0.2, 0) is 6.42 Å². The highest BCUT2D eigenvalue weighted by Gasteiger charge is 2.09. The number of hydrogen-bond donors (Lipinski definition) is 1. The van der Waals surface area contributed by atoms with Gasteiger partial charge in [-0.15, -0.1) is 0 Å². The third-order valence-electron chi connectivity index (χ3n) is 2.88. The van der Waals surface area contributed by atoms with Crippen LogP contribution >= 0.6 is 0 Å². The van der Waals surface area contributed by atoms with E-state index in [0.717, 1.165) is 31.0 Å². The van der Waals surface area contributed by atoms with Gasteiger partial charge >= 0.3 is 0 Å². The molecule has 0 fully saturated rings. The van der Waals surface area contributed by atoms with Crippen molar-refractivity contribution < 1.29 is 13.6 Å². The minimum atomic E-state index is -0.770. The molecule has 0 aliphatic heterocycles. The standard InChI is InChI=1S/C16H15F2NO/c1-2-3-11-4-6-15(7-5-11)19-16(20)12-8-13(17)10-14(18)9-12/h4-10H,2-3H2,1H3,(H,19,20). The van der Waals surface area contributed by atoms with Gasteiger partial charge in [0.2, 0.25) is 0 Å². The smallest absolute Gasteiger partial charge is 0.255 e. The summed E-state index contributed by atoms with van der Waals surface area (Å²) in [5, 5.41) is 2.61. The first-order valence-corrected chi connectivity index (χ1v) is 6.45. The van der Waals surface area contributed by atoms with Crippen LogP contribution in [0.5, 0.6) is 0 Å². The predicted octanol–water partition coefficient (Wildman–Crippen LogP) is 4.17. The molecule has 0 atom stereocenters. The van der Waals surface area contributed by atoms with Crippen molar-refractivity contribution in [2.24, 2.45) is 0 Å². The van der Waals surface area contributed by atoms with Gasteiger partial charge in [0, 0.05) is 17.3 Å². The molecule has 1 amide bonds. The number of halogens is 2. The van der Waals surface area contributed by atoms with E-state index in [1.54, 1.807) is 12.1 Å². The molecule has 2 aromatic rings. The van der Waals surface area contributed by atoms with Gasteiger partial charge in [-0.1, -0.05) is 25.5 Å². The zero-order chi connectivity index (χ0) is 14.5. The molecule has 20 heavy (non-hydrogen) atoms. The van der Waals surface area contributed by atoms with E-state index in [9.17, 15) is 13.6 Å². The molecular weight excluding hydrogens is 260 g/mol. The Bertz CT molecular complexity index is 588. The lowest BCUT2D eigenvalue weighted by molar-refractivity contribution is 0.102. The lowest BCUT2D eigenvalue weighted by Crippen LogP contribution is -2.12. The summed E-state index contributed by atoms with van der Waals surface area (Å²) in [4.78, 5) is 11.9. The van der Waals surface area contributed by atoms with E-state index in [1.165, 1.54) is 5.56 Å². The summed E-state index contributed by atoms with van der Waals surface area (Å²) in [6.45, 7) is 2.09. The van der Waals surface area contributed by atoms with Crippen LogP contribution in [0.1, 0.15) is 29.3 Å². The van der Waals surface area contributed by atoms with Crippen molar-refractivity contribution in [3.63, 3.8) is 0 Å². The van der Waals surface area contributed by atoms with Crippen molar-refractivity contribution in [3.05, 3.63) is 65.2 Å². The van der Waals surface area contributed by atoms with Crippen molar-refractivity contribution in [2.45, 2.75) is 19.8 Å². The number of aryl methyl sites for hydroxylation is 1. The van der Waals surface area contributed by atoms with Crippen molar-refractivity contribution in [3.8, 4) is 0 Å². The van der Waals surface area contributed by atoms with Crippen LogP contribution < -0.4 is 5.32 Å². The fourth-order valence-electron chi connectivity index (χ4n) is 1.93. The quantitative estimate of drug-likeness (QED) is 0.891. The molecule has 0 aliphatic carbocycles. The Morgan fingerprint density at radius 1 is 1.05 bits per heavy atom. The van der Waals surface area contributed by atoms with Gasteiger partial charge in [-0.3, -0.25) is 4.79 Å². The molecule has 0 unspecified atom stereocenters. The number of hydrogen-bond acceptors (Lipinski definition) is 1. The second-order valence-corrected chi connectivity index (χ2v) is 4.56. The minimum absolute atomic E-state index is 0.0415. The monoisotopic (exact) mass is 275 g/mol. The van der Waals surface area contributed by atoms with E-state index in [-0.39, 0.29) is 5.56 Å². The molecule has 2 rings (SSSR count). The number of amides is 1. The maximum atomic E-state index is 13.0. The molecule has 2 aromatic carbocycles. The molecule has 104 valence electrons. The van der Waals surface area contributed by atoms with E-state index in [2.05, 4.69) is 12.2 Å². The number of carbonyl (C=O) groups is 1. The zero-order valence-electron chi connectivity index (χ0n) is 11.1. The predicted molar refractivity (Wildman–Crippen MR) is 74.7 cm³/mol. The zero-order valence-corrected chi connectivity index (χ0v) is 11.1. The SMILES string of the molecule is CCCc1ccc(NC(=O)c2cc(F)cc(F)c2)cc1. The molecule has 1 N–H and O–H groups in total. The summed E-state index contributed by atoms with van der Waals surface area (Å²) in [6, 6.07) is 10.1. The maximum absolute atomic E-state index is 13.0. The number of nitrogens with one attached hydrogen (secondary N) is 1. The first-order chi connectivity index (χ1) is 9.58. The average Bonchev–Trinajstić information content (AvgIpc) is 2.40. The summed E-state index contributed by atoms with van der Waals surface area (Å²) < 4.78 is 26.1. The van der Waals surface area contributed by atoms with Crippen molar-refractivity contribution >= 4 is 11.6 Å². The summed E-state index contributed by atoms with van der Waals surface area (Å²) in [6.07, 6.45) is 2.03. The van der Waals surface area contributed by atoms with E-state index in [4.69, 9.17) is 0 Å². The Labute approximate surface area is 116 Å². The van der Waals surface area contributed by atoms with Crippen molar-refractivity contribution in [2.75, 3.05) is 5.32 Å². The lowest BCUT2D eigenvalue weighted by atomic mass is 10.1. The van der Waals surface area contributed by atoms with Crippen LogP contribution in [0.4, 0.5) is 14.5 Å². The summed E-state index contributed by atoms with van der Waals surface area (Å²) in [7, 11) is 0. The first kappa shape index (κ1) is 14.2. The van der Waals surface area contributed by atoms with Crippen LogP contribution in [0.15, 0.2) is 42.5 Å². The normalized spacial score (nSPS) is 10.3. The van der Waals surface area contributed by atoms with Gasteiger partial charge < -0.3 is 5.32 Å². The second-order valence-electron chi connectivity index (χ2n) is 4.56. The molecule has 4 heteroatoms. The van der Waals surface area contributed by atoms with Gasteiger partial charge in [-0.25, -0.2) is 8.78 Å². The molecule has 0 aliphatic rings. The highest BCUT2D eigenvalue weighted by molar-refractivity contribution is 6.04. The second kappa shape index (κ2) is 6.28. The van der Waals surface area contributed by atoms with E-state index in [1.807, 2.05) is 12.1 Å². The number of anilines is 1. The molecule has 0 saturated carbocycles. The van der Waals surface area contributed by atoms with Crippen LogP contribution in [0.2, 0.25) is 0 Å². The Hall–Kier alpha value is -2.23. The van der Waals surface area contributed by atoms with Gasteiger partial charge in [0.25, 0.3) is 5.91 Å². The molecule has 0 spiro atoms. The lowest BCUT2D eigenvalue weighted by Gasteiger charge is -2.06. The van der Waals surface area contributed by atoms with E-state index in [0.29, 0.717) is 5.69 Å². The molecule has 2 nitrogen and oxygen atoms in total. The fraction of sp³-hybridized carbons (Fsp3) is 0.188. The maximum Gasteiger partial charge on any atom is 0.255 e. The van der Waals surface area contributed by atoms with Crippen LogP contribution in [0.3, 0.4) is 0 Å². The average molecular weight is 275 g/mol. The Morgan fingerprint density at radius 3 is 2.20 bits per heavy atom. The topological polar surface area (TPSA) is 29.1 Å². The van der Waals surface area contributed by atoms with Crippen LogP contribution in [0, 0.1) is 11.6 Å². The highest BCUT2D eigenvalue weighted by atomic mass is 19.1. The van der Waals surface area contributed by atoms with Crippen LogP contribution in [-0.4, -0.2) is 5.91 Å². The summed E-state index contributed by atoms with van der Waals surface area (Å²) in [5.41, 5.74) is 1.74. The molecular formula is C16H15F2NO. The molecule has 0 heterocycles. The third kappa shape index (κ3) is 3.63. The number of rotatable bonds is 4. The van der Waals surface area contributed by atoms with Crippen LogP contribution in [0.25, 0.3) is 0 Å².